The van der Waals surface area contributed by atoms with Crippen molar-refractivity contribution in [2.45, 2.75) is 26.4 Å². The first-order valence-corrected chi connectivity index (χ1v) is 6.99. The van der Waals surface area contributed by atoms with Crippen LogP contribution in [0.1, 0.15) is 18.1 Å². The summed E-state index contributed by atoms with van der Waals surface area (Å²) in [6, 6.07) is 6.98. The van der Waals surface area contributed by atoms with Gasteiger partial charge in [0.15, 0.2) is 0 Å². The van der Waals surface area contributed by atoms with Crippen molar-refractivity contribution < 1.29 is 0 Å². The van der Waals surface area contributed by atoms with Gasteiger partial charge in [0.1, 0.15) is 0 Å². The number of anilines is 1. The highest BCUT2D eigenvalue weighted by atomic mass is 32.2. The Balaban J connectivity index is 2.10. The zero-order chi connectivity index (χ0) is 11.5. The van der Waals surface area contributed by atoms with Crippen LogP contribution in [0.2, 0.25) is 0 Å². The van der Waals surface area contributed by atoms with Gasteiger partial charge in [-0.15, -0.1) is 0 Å². The highest BCUT2D eigenvalue weighted by Crippen LogP contribution is 2.21. The molecule has 1 unspecified atom stereocenters. The minimum Gasteiger partial charge on any atom is -0.398 e. The van der Waals surface area contributed by atoms with Crippen LogP contribution in [0, 0.1) is 6.92 Å². The maximum atomic E-state index is 6.02. The van der Waals surface area contributed by atoms with Crippen molar-refractivity contribution in [3.05, 3.63) is 29.3 Å². The van der Waals surface area contributed by atoms with Crippen LogP contribution in [-0.2, 0) is 6.54 Å². The molecule has 0 bridgehead atoms. The topological polar surface area (TPSA) is 29.3 Å². The van der Waals surface area contributed by atoms with Crippen LogP contribution in [0.25, 0.3) is 0 Å². The molecular formula is C13H20N2S. The first-order chi connectivity index (χ1) is 7.66. The number of nitrogens with zero attached hydrogens (tertiary/aromatic N) is 1. The molecule has 1 heterocycles. The summed E-state index contributed by atoms with van der Waals surface area (Å²) in [5.74, 6) is 2.49. The number of nitrogens with two attached hydrogens (primary N) is 1. The van der Waals surface area contributed by atoms with Crippen molar-refractivity contribution in [1.82, 2.24) is 4.90 Å². The number of hydrogen-bond donors (Lipinski definition) is 1. The van der Waals surface area contributed by atoms with E-state index in [1.165, 1.54) is 29.2 Å². The van der Waals surface area contributed by atoms with Crippen molar-refractivity contribution in [1.29, 1.82) is 0 Å². The van der Waals surface area contributed by atoms with Crippen LogP contribution in [-0.4, -0.2) is 29.0 Å². The van der Waals surface area contributed by atoms with Gasteiger partial charge in [-0.2, -0.15) is 11.8 Å². The zero-order valence-corrected chi connectivity index (χ0v) is 10.9. The van der Waals surface area contributed by atoms with Gasteiger partial charge in [0.2, 0.25) is 0 Å². The molecule has 0 aromatic heterocycles. The molecular weight excluding hydrogens is 216 g/mol. The van der Waals surface area contributed by atoms with Gasteiger partial charge in [-0.25, -0.2) is 0 Å². The third-order valence-corrected chi connectivity index (χ3v) is 4.37. The fourth-order valence-electron chi connectivity index (χ4n) is 2.09. The van der Waals surface area contributed by atoms with Crippen LogP contribution in [0.3, 0.4) is 0 Å². The molecule has 88 valence electrons. The lowest BCUT2D eigenvalue weighted by molar-refractivity contribution is 0.224. The Morgan fingerprint density at radius 1 is 1.50 bits per heavy atom. The van der Waals surface area contributed by atoms with E-state index < -0.39 is 0 Å². The quantitative estimate of drug-likeness (QED) is 0.800. The highest BCUT2D eigenvalue weighted by Gasteiger charge is 2.19. The molecule has 1 aliphatic rings. The average Bonchev–Trinajstić information content (AvgIpc) is 2.27. The molecule has 2 nitrogen and oxygen atoms in total. The molecule has 0 aliphatic carbocycles. The molecule has 0 radical (unpaired) electrons. The van der Waals surface area contributed by atoms with Crippen molar-refractivity contribution in [2.75, 3.05) is 23.8 Å². The summed E-state index contributed by atoms with van der Waals surface area (Å²) in [7, 11) is 0. The molecule has 0 saturated carbocycles. The summed E-state index contributed by atoms with van der Waals surface area (Å²) in [5.41, 5.74) is 9.52. The molecule has 0 amide bonds. The van der Waals surface area contributed by atoms with Crippen LogP contribution in [0.15, 0.2) is 18.2 Å². The lowest BCUT2D eigenvalue weighted by atomic mass is 10.1. The highest BCUT2D eigenvalue weighted by molar-refractivity contribution is 7.99. The summed E-state index contributed by atoms with van der Waals surface area (Å²) in [5, 5.41) is 0. The average molecular weight is 236 g/mol. The minimum atomic E-state index is 0.665. The van der Waals surface area contributed by atoms with Crippen LogP contribution < -0.4 is 5.73 Å². The number of rotatable bonds is 2. The van der Waals surface area contributed by atoms with Crippen molar-refractivity contribution >= 4 is 17.4 Å². The van der Waals surface area contributed by atoms with Crippen molar-refractivity contribution in [3.8, 4) is 0 Å². The van der Waals surface area contributed by atoms with E-state index in [9.17, 15) is 0 Å². The first-order valence-electron chi connectivity index (χ1n) is 5.83. The second-order valence-corrected chi connectivity index (χ2v) is 5.75. The SMILES string of the molecule is Cc1ccc(N)c(CN2CCSCC2C)c1. The van der Waals surface area contributed by atoms with Gasteiger partial charge < -0.3 is 5.73 Å². The Hall–Kier alpha value is -0.670. The normalized spacial score (nSPS) is 22.2. The number of aryl methyl sites for hydroxylation is 1. The van der Waals surface area contributed by atoms with E-state index in [0.29, 0.717) is 6.04 Å². The molecule has 2 N–H and O–H groups in total. The minimum absolute atomic E-state index is 0.665. The van der Waals surface area contributed by atoms with Crippen LogP contribution in [0.5, 0.6) is 0 Å². The van der Waals surface area contributed by atoms with E-state index in [4.69, 9.17) is 5.73 Å². The maximum Gasteiger partial charge on any atom is 0.0359 e. The summed E-state index contributed by atoms with van der Waals surface area (Å²) in [4.78, 5) is 2.53. The Morgan fingerprint density at radius 2 is 2.31 bits per heavy atom. The van der Waals surface area contributed by atoms with Gasteiger partial charge in [0.05, 0.1) is 0 Å². The Morgan fingerprint density at radius 3 is 3.06 bits per heavy atom. The van der Waals surface area contributed by atoms with E-state index in [1.807, 2.05) is 6.07 Å². The lowest BCUT2D eigenvalue weighted by Crippen LogP contribution is -2.39. The molecule has 1 aliphatic heterocycles. The Kier molecular flexibility index (Phi) is 3.77. The first kappa shape index (κ1) is 11.8. The molecule has 2 rings (SSSR count). The van der Waals surface area contributed by atoms with Gasteiger partial charge in [0.25, 0.3) is 0 Å². The van der Waals surface area contributed by atoms with Gasteiger partial charge in [0, 0.05) is 36.3 Å². The molecule has 0 spiro atoms. The van der Waals surface area contributed by atoms with E-state index in [1.54, 1.807) is 0 Å². The Labute approximate surface area is 102 Å². The molecule has 1 aromatic carbocycles. The largest absolute Gasteiger partial charge is 0.398 e. The molecule has 16 heavy (non-hydrogen) atoms. The molecule has 3 heteroatoms. The monoisotopic (exact) mass is 236 g/mol. The van der Waals surface area contributed by atoms with Gasteiger partial charge in [-0.1, -0.05) is 17.7 Å². The number of nitrogen functional groups attached to an aromatic ring is 1. The second-order valence-electron chi connectivity index (χ2n) is 4.60. The third-order valence-electron chi connectivity index (χ3n) is 3.18. The van der Waals surface area contributed by atoms with Gasteiger partial charge in [-0.3, -0.25) is 4.90 Å². The lowest BCUT2D eigenvalue weighted by Gasteiger charge is -2.33. The smallest absolute Gasteiger partial charge is 0.0359 e. The maximum absolute atomic E-state index is 6.02. The van der Waals surface area contributed by atoms with E-state index in [0.717, 1.165) is 12.2 Å². The predicted molar refractivity (Wildman–Crippen MR) is 72.8 cm³/mol. The predicted octanol–water partition coefficient (Wildman–Crippen LogP) is 2.51. The summed E-state index contributed by atoms with van der Waals surface area (Å²) < 4.78 is 0. The summed E-state index contributed by atoms with van der Waals surface area (Å²) in [6.45, 7) is 6.60. The molecule has 1 aromatic rings. The zero-order valence-electron chi connectivity index (χ0n) is 10.1. The van der Waals surface area contributed by atoms with E-state index >= 15 is 0 Å². The fourth-order valence-corrected chi connectivity index (χ4v) is 3.17. The van der Waals surface area contributed by atoms with Gasteiger partial charge >= 0.3 is 0 Å². The van der Waals surface area contributed by atoms with Gasteiger partial charge in [-0.05, 0) is 25.5 Å². The molecule has 1 saturated heterocycles. The van der Waals surface area contributed by atoms with Crippen molar-refractivity contribution in [3.63, 3.8) is 0 Å². The third kappa shape index (κ3) is 2.71. The standard InChI is InChI=1S/C13H20N2S/c1-10-3-4-13(14)12(7-10)8-15-5-6-16-9-11(15)2/h3-4,7,11H,5-6,8-9,14H2,1-2H3. The number of thioether (sulfide) groups is 1. The number of benzene rings is 1. The van der Waals surface area contributed by atoms with Crippen LogP contribution in [0.4, 0.5) is 5.69 Å². The summed E-state index contributed by atoms with van der Waals surface area (Å²) >= 11 is 2.05. The molecule has 1 atom stereocenters. The van der Waals surface area contributed by atoms with Crippen LogP contribution >= 0.6 is 11.8 Å². The Bertz CT molecular complexity index is 365. The van der Waals surface area contributed by atoms with E-state index in [-0.39, 0.29) is 0 Å². The van der Waals surface area contributed by atoms with E-state index in [2.05, 4.69) is 42.6 Å². The fraction of sp³-hybridized carbons (Fsp3) is 0.538. The number of hydrogen-bond acceptors (Lipinski definition) is 3. The van der Waals surface area contributed by atoms with Crippen molar-refractivity contribution in [2.24, 2.45) is 0 Å². The summed E-state index contributed by atoms with van der Waals surface area (Å²) in [6.07, 6.45) is 0. The second kappa shape index (κ2) is 5.11. The molecule has 1 fully saturated rings.